The number of rotatable bonds is 5. The van der Waals surface area contributed by atoms with Gasteiger partial charge in [-0.2, -0.15) is 0 Å². The summed E-state index contributed by atoms with van der Waals surface area (Å²) < 4.78 is 41.1. The van der Waals surface area contributed by atoms with Crippen molar-refractivity contribution in [2.45, 2.75) is 50.9 Å². The number of halogens is 2. The van der Waals surface area contributed by atoms with E-state index in [0.29, 0.717) is 0 Å². The van der Waals surface area contributed by atoms with E-state index in [-0.39, 0.29) is 55.5 Å². The molecule has 9 heteroatoms. The number of aromatic nitrogens is 1. The maximum Gasteiger partial charge on any atom is 0.343 e. The average molecular weight is 444 g/mol. The lowest BCUT2D eigenvalue weighted by atomic mass is 9.94. The second kappa shape index (κ2) is 7.43. The number of hydrogen-bond donors (Lipinski definition) is 0. The number of esters is 1. The fourth-order valence-electron chi connectivity index (χ4n) is 5.17. The van der Waals surface area contributed by atoms with Gasteiger partial charge in [-0.1, -0.05) is 30.3 Å². The molecular weight excluding hydrogens is 422 g/mol. The van der Waals surface area contributed by atoms with Gasteiger partial charge in [-0.05, 0) is 24.8 Å². The summed E-state index contributed by atoms with van der Waals surface area (Å²) in [5, 5.41) is 0. The topological polar surface area (TPSA) is 77.8 Å². The third-order valence-electron chi connectivity index (χ3n) is 6.57. The second-order valence-electron chi connectivity index (χ2n) is 8.45. The van der Waals surface area contributed by atoms with E-state index in [1.54, 1.807) is 31.2 Å². The van der Waals surface area contributed by atoms with Crippen LogP contribution < -0.4 is 10.2 Å². The predicted molar refractivity (Wildman–Crippen MR) is 109 cm³/mol. The number of benzene rings is 1. The standard InChI is InChI=1S/C23H22F2N2O5/c1-2-31-22(30)15-10-26-11-16-14-8-17(23(24,25)9-14)27(16)21(29)18(26)20(19(15)28)32-12-13-6-4-3-5-7-13/h3-7,10,14,16-17H,2,8-9,11-12H2,1H3/t14-,16?,17+/m0/s1. The Bertz CT molecular complexity index is 1150. The highest BCUT2D eigenvalue weighted by Gasteiger charge is 2.63. The number of alkyl halides is 2. The van der Waals surface area contributed by atoms with Crippen LogP contribution in [0.25, 0.3) is 0 Å². The summed E-state index contributed by atoms with van der Waals surface area (Å²) in [6.07, 6.45) is 1.27. The lowest BCUT2D eigenvalue weighted by Crippen LogP contribution is -2.58. The van der Waals surface area contributed by atoms with Crippen LogP contribution in [0.4, 0.5) is 8.78 Å². The normalized spacial score (nSPS) is 24.8. The summed E-state index contributed by atoms with van der Waals surface area (Å²) in [7, 11) is 0. The van der Waals surface area contributed by atoms with E-state index in [2.05, 4.69) is 0 Å². The van der Waals surface area contributed by atoms with Crippen LogP contribution in [0.3, 0.4) is 0 Å². The zero-order valence-corrected chi connectivity index (χ0v) is 17.4. The van der Waals surface area contributed by atoms with Gasteiger partial charge in [0, 0.05) is 19.2 Å². The molecule has 3 atom stereocenters. The number of nitrogens with zero attached hydrogens (tertiary/aromatic N) is 2. The van der Waals surface area contributed by atoms with Gasteiger partial charge in [-0.25, -0.2) is 13.6 Å². The summed E-state index contributed by atoms with van der Waals surface area (Å²) in [5.41, 5.74) is -0.374. The van der Waals surface area contributed by atoms with Crippen LogP contribution in [0.1, 0.15) is 46.2 Å². The molecule has 2 aromatic rings. The fourth-order valence-corrected chi connectivity index (χ4v) is 5.17. The summed E-state index contributed by atoms with van der Waals surface area (Å²) in [4.78, 5) is 40.2. The first-order chi connectivity index (χ1) is 15.3. The Morgan fingerprint density at radius 2 is 1.97 bits per heavy atom. The number of carbonyl (C=O) groups excluding carboxylic acids is 2. The largest absolute Gasteiger partial charge is 0.483 e. The third-order valence-corrected chi connectivity index (χ3v) is 6.57. The second-order valence-corrected chi connectivity index (χ2v) is 8.45. The van der Waals surface area contributed by atoms with Gasteiger partial charge in [0.2, 0.25) is 5.43 Å². The number of carbonyl (C=O) groups is 2. The van der Waals surface area contributed by atoms with E-state index >= 15 is 0 Å². The van der Waals surface area contributed by atoms with Crippen molar-refractivity contribution >= 4 is 11.9 Å². The molecule has 0 radical (unpaired) electrons. The Balaban J connectivity index is 1.59. The lowest BCUT2D eigenvalue weighted by molar-refractivity contribution is -0.0871. The quantitative estimate of drug-likeness (QED) is 0.663. The molecule has 1 saturated heterocycles. The first kappa shape index (κ1) is 20.7. The molecule has 1 aliphatic carbocycles. The van der Waals surface area contributed by atoms with Gasteiger partial charge < -0.3 is 18.9 Å². The monoisotopic (exact) mass is 444 g/mol. The molecule has 2 bridgehead atoms. The molecule has 1 saturated carbocycles. The van der Waals surface area contributed by atoms with Crippen molar-refractivity contribution in [1.29, 1.82) is 0 Å². The average Bonchev–Trinajstić information content (AvgIpc) is 3.28. The van der Waals surface area contributed by atoms with Crippen molar-refractivity contribution < 1.29 is 27.8 Å². The van der Waals surface area contributed by atoms with Gasteiger partial charge in [-0.3, -0.25) is 9.59 Å². The van der Waals surface area contributed by atoms with Gasteiger partial charge >= 0.3 is 5.97 Å². The molecule has 5 rings (SSSR count). The van der Waals surface area contributed by atoms with E-state index in [1.165, 1.54) is 15.7 Å². The number of hydrogen-bond acceptors (Lipinski definition) is 5. The van der Waals surface area contributed by atoms with Crippen LogP contribution >= 0.6 is 0 Å². The van der Waals surface area contributed by atoms with Crippen molar-refractivity contribution in [3.05, 3.63) is 63.6 Å². The van der Waals surface area contributed by atoms with Gasteiger partial charge in [0.05, 0.1) is 18.7 Å². The number of fused-ring (bicyclic) bond motifs is 6. The van der Waals surface area contributed by atoms with Gasteiger partial charge in [-0.15, -0.1) is 0 Å². The minimum absolute atomic E-state index is 0.0196. The minimum atomic E-state index is -2.95. The molecule has 2 aliphatic heterocycles. The molecule has 3 heterocycles. The van der Waals surface area contributed by atoms with Crippen LogP contribution in [-0.4, -0.2) is 46.0 Å². The highest BCUT2D eigenvalue weighted by molar-refractivity contribution is 5.98. The number of amides is 1. The van der Waals surface area contributed by atoms with Crippen molar-refractivity contribution in [1.82, 2.24) is 9.47 Å². The van der Waals surface area contributed by atoms with Crippen LogP contribution in [0.2, 0.25) is 0 Å². The number of ether oxygens (including phenoxy) is 2. The molecule has 168 valence electrons. The summed E-state index contributed by atoms with van der Waals surface area (Å²) in [5.74, 6) is -5.06. The maximum absolute atomic E-state index is 14.4. The van der Waals surface area contributed by atoms with Crippen molar-refractivity contribution in [3.8, 4) is 5.75 Å². The molecular formula is C23H22F2N2O5. The Hall–Kier alpha value is -3.23. The molecule has 1 amide bonds. The Morgan fingerprint density at radius 3 is 2.69 bits per heavy atom. The summed E-state index contributed by atoms with van der Waals surface area (Å²) in [6, 6.07) is 7.42. The van der Waals surface area contributed by atoms with Crippen LogP contribution in [0.15, 0.2) is 41.3 Å². The van der Waals surface area contributed by atoms with Crippen LogP contribution in [-0.2, 0) is 17.9 Å². The first-order valence-corrected chi connectivity index (χ1v) is 10.6. The molecule has 0 N–H and O–H groups in total. The molecule has 32 heavy (non-hydrogen) atoms. The number of pyridine rings is 1. The van der Waals surface area contributed by atoms with E-state index in [9.17, 15) is 23.2 Å². The summed E-state index contributed by atoms with van der Waals surface area (Å²) >= 11 is 0. The molecule has 1 aromatic heterocycles. The van der Waals surface area contributed by atoms with Crippen molar-refractivity contribution in [2.24, 2.45) is 5.92 Å². The van der Waals surface area contributed by atoms with Crippen LogP contribution in [0.5, 0.6) is 5.75 Å². The highest BCUT2D eigenvalue weighted by atomic mass is 19.3. The third kappa shape index (κ3) is 3.10. The molecule has 3 aliphatic rings. The lowest BCUT2D eigenvalue weighted by Gasteiger charge is -2.43. The van der Waals surface area contributed by atoms with Gasteiger partial charge in [0.1, 0.15) is 12.2 Å². The van der Waals surface area contributed by atoms with E-state index in [1.807, 2.05) is 6.07 Å². The molecule has 7 nitrogen and oxygen atoms in total. The smallest absolute Gasteiger partial charge is 0.343 e. The van der Waals surface area contributed by atoms with Crippen molar-refractivity contribution in [3.63, 3.8) is 0 Å². The Labute approximate surface area is 182 Å². The Morgan fingerprint density at radius 1 is 1.22 bits per heavy atom. The van der Waals surface area contributed by atoms with E-state index in [4.69, 9.17) is 9.47 Å². The molecule has 1 aromatic carbocycles. The van der Waals surface area contributed by atoms with E-state index in [0.717, 1.165) is 5.56 Å². The minimum Gasteiger partial charge on any atom is -0.483 e. The van der Waals surface area contributed by atoms with E-state index < -0.39 is 35.3 Å². The van der Waals surface area contributed by atoms with Crippen molar-refractivity contribution in [2.75, 3.05) is 6.61 Å². The Kier molecular flexibility index (Phi) is 4.79. The SMILES string of the molecule is CCOC(=O)c1cn2c(c(OCc3ccccc3)c1=O)C(=O)N1C(C2)[C@H]2C[C@@H]1C(F)(F)C2. The zero-order valence-electron chi connectivity index (χ0n) is 17.4. The van der Waals surface area contributed by atoms with Gasteiger partial charge in [0.15, 0.2) is 11.4 Å². The zero-order chi connectivity index (χ0) is 22.6. The predicted octanol–water partition coefficient (Wildman–Crippen LogP) is 2.86. The fraction of sp³-hybridized carbons (Fsp3) is 0.435. The van der Waals surface area contributed by atoms with Gasteiger partial charge in [0.25, 0.3) is 11.8 Å². The molecule has 0 spiro atoms. The van der Waals surface area contributed by atoms with Crippen LogP contribution in [0, 0.1) is 5.92 Å². The number of piperidine rings is 1. The summed E-state index contributed by atoms with van der Waals surface area (Å²) in [6.45, 7) is 1.90. The first-order valence-electron chi connectivity index (χ1n) is 10.6. The maximum atomic E-state index is 14.4. The highest BCUT2D eigenvalue weighted by Crippen LogP contribution is 2.53. The molecule has 1 unspecified atom stereocenters. The molecule has 2 fully saturated rings.